The maximum atomic E-state index is 12.6. The van der Waals surface area contributed by atoms with E-state index in [0.717, 1.165) is 30.6 Å². The number of urea groups is 1. The van der Waals surface area contributed by atoms with Crippen LogP contribution in [0.1, 0.15) is 39.2 Å². The molecule has 1 aliphatic heterocycles. The Morgan fingerprint density at radius 1 is 1.27 bits per heavy atom. The number of benzene rings is 1. The second-order valence-electron chi connectivity index (χ2n) is 8.34. The van der Waals surface area contributed by atoms with Crippen LogP contribution in [0.15, 0.2) is 24.3 Å². The van der Waals surface area contributed by atoms with Crippen molar-refractivity contribution in [3.63, 3.8) is 0 Å². The van der Waals surface area contributed by atoms with Gasteiger partial charge in [-0.1, -0.05) is 38.5 Å². The molecule has 1 fully saturated rings. The molecule has 1 aromatic carbocycles. The molecule has 0 radical (unpaired) electrons. The molecule has 0 saturated carbocycles. The highest BCUT2D eigenvalue weighted by molar-refractivity contribution is 5.89. The van der Waals surface area contributed by atoms with E-state index in [1.54, 1.807) is 0 Å². The van der Waals surface area contributed by atoms with Gasteiger partial charge in [0.2, 0.25) is 5.91 Å². The fourth-order valence-corrected chi connectivity index (χ4v) is 3.05. The van der Waals surface area contributed by atoms with Crippen LogP contribution in [0.4, 0.5) is 10.5 Å². The zero-order valence-electron chi connectivity index (χ0n) is 16.3. The highest BCUT2D eigenvalue weighted by Gasteiger charge is 2.33. The van der Waals surface area contributed by atoms with Crippen molar-refractivity contribution >= 4 is 17.6 Å². The lowest BCUT2D eigenvalue weighted by molar-refractivity contribution is -0.136. The highest BCUT2D eigenvalue weighted by atomic mass is 16.2. The minimum absolute atomic E-state index is 0.00584. The second kappa shape index (κ2) is 8.54. The van der Waals surface area contributed by atoms with Gasteiger partial charge in [-0.05, 0) is 43.2 Å². The molecule has 1 heterocycles. The Kier molecular flexibility index (Phi) is 6.64. The van der Waals surface area contributed by atoms with Gasteiger partial charge in [0, 0.05) is 25.3 Å². The average molecular weight is 361 g/mol. The van der Waals surface area contributed by atoms with Crippen LogP contribution in [0.2, 0.25) is 0 Å². The molecule has 1 aromatic rings. The molecule has 3 amide bonds. The van der Waals surface area contributed by atoms with Crippen molar-refractivity contribution in [1.29, 1.82) is 0 Å². The van der Waals surface area contributed by atoms with E-state index >= 15 is 0 Å². The van der Waals surface area contributed by atoms with Gasteiger partial charge in [-0.2, -0.15) is 0 Å². The number of likely N-dealkylation sites (tertiary alicyclic amines) is 1. The quantitative estimate of drug-likeness (QED) is 0.771. The molecule has 1 saturated heterocycles. The predicted molar refractivity (Wildman–Crippen MR) is 105 cm³/mol. The average Bonchev–Trinajstić information content (AvgIpc) is 2.60. The van der Waals surface area contributed by atoms with Crippen molar-refractivity contribution in [3.05, 3.63) is 29.8 Å². The van der Waals surface area contributed by atoms with E-state index < -0.39 is 6.04 Å². The van der Waals surface area contributed by atoms with Crippen LogP contribution in [0, 0.1) is 18.3 Å². The van der Waals surface area contributed by atoms with Gasteiger partial charge in [0.05, 0.1) is 6.04 Å². The lowest BCUT2D eigenvalue weighted by Crippen LogP contribution is -2.53. The summed E-state index contributed by atoms with van der Waals surface area (Å²) in [6.45, 7) is 9.88. The van der Waals surface area contributed by atoms with Crippen molar-refractivity contribution in [2.45, 2.75) is 46.6 Å². The summed E-state index contributed by atoms with van der Waals surface area (Å²) in [5.41, 5.74) is 7.78. The van der Waals surface area contributed by atoms with Crippen LogP contribution < -0.4 is 16.4 Å². The number of anilines is 1. The molecule has 6 nitrogen and oxygen atoms in total. The van der Waals surface area contributed by atoms with E-state index in [1.165, 1.54) is 0 Å². The Bertz CT molecular complexity index is 622. The topological polar surface area (TPSA) is 87.5 Å². The third-order valence-electron chi connectivity index (χ3n) is 4.89. The number of carbonyl (C=O) groups excluding carboxylic acids is 2. The van der Waals surface area contributed by atoms with E-state index in [-0.39, 0.29) is 23.3 Å². The van der Waals surface area contributed by atoms with Gasteiger partial charge in [0.1, 0.15) is 0 Å². The monoisotopic (exact) mass is 360 g/mol. The van der Waals surface area contributed by atoms with Crippen LogP contribution in [0.3, 0.4) is 0 Å². The number of carbonyl (C=O) groups is 2. The van der Waals surface area contributed by atoms with Gasteiger partial charge in [0.25, 0.3) is 0 Å². The maximum Gasteiger partial charge on any atom is 0.319 e. The molecule has 1 unspecified atom stereocenters. The number of rotatable bonds is 4. The van der Waals surface area contributed by atoms with Gasteiger partial charge < -0.3 is 21.3 Å². The van der Waals surface area contributed by atoms with Gasteiger partial charge in [-0.25, -0.2) is 4.79 Å². The molecule has 0 spiro atoms. The van der Waals surface area contributed by atoms with Crippen molar-refractivity contribution in [2.75, 3.05) is 25.0 Å². The third kappa shape index (κ3) is 5.73. The maximum absolute atomic E-state index is 12.6. The zero-order valence-corrected chi connectivity index (χ0v) is 16.3. The number of hydrogen-bond acceptors (Lipinski definition) is 3. The first-order valence-corrected chi connectivity index (χ1v) is 9.32. The standard InChI is InChI=1S/C20H32N4O2/c1-14-7-9-16(10-8-14)23-19(26)22-12-15-6-5-11-24(13-15)18(25)17(21)20(2,3)4/h7-10,15,17H,5-6,11-13,21H2,1-4H3,(H2,22,23,26)/t15?,17-/m1/s1. The summed E-state index contributed by atoms with van der Waals surface area (Å²) >= 11 is 0. The first-order valence-electron chi connectivity index (χ1n) is 9.32. The first-order chi connectivity index (χ1) is 12.2. The number of nitrogens with two attached hydrogens (primary N) is 1. The Morgan fingerprint density at radius 3 is 2.54 bits per heavy atom. The van der Waals surface area contributed by atoms with Crippen LogP contribution in [-0.4, -0.2) is 42.5 Å². The zero-order chi connectivity index (χ0) is 19.3. The predicted octanol–water partition coefficient (Wildman–Crippen LogP) is 2.73. The number of piperidine rings is 1. The largest absolute Gasteiger partial charge is 0.341 e. The second-order valence-corrected chi connectivity index (χ2v) is 8.34. The summed E-state index contributed by atoms with van der Waals surface area (Å²) in [6.07, 6.45) is 1.94. The Morgan fingerprint density at radius 2 is 1.92 bits per heavy atom. The molecular formula is C20H32N4O2. The van der Waals surface area contributed by atoms with Gasteiger partial charge >= 0.3 is 6.03 Å². The summed E-state index contributed by atoms with van der Waals surface area (Å²) < 4.78 is 0. The summed E-state index contributed by atoms with van der Waals surface area (Å²) in [7, 11) is 0. The molecule has 2 atom stereocenters. The molecule has 4 N–H and O–H groups in total. The number of hydrogen-bond donors (Lipinski definition) is 3. The van der Waals surface area contributed by atoms with E-state index in [9.17, 15) is 9.59 Å². The fourth-order valence-electron chi connectivity index (χ4n) is 3.05. The Labute approximate surface area is 156 Å². The summed E-state index contributed by atoms with van der Waals surface area (Å²) in [5.74, 6) is 0.259. The normalized spacial score (nSPS) is 19.0. The minimum Gasteiger partial charge on any atom is -0.341 e. The van der Waals surface area contributed by atoms with Crippen molar-refractivity contribution in [1.82, 2.24) is 10.2 Å². The van der Waals surface area contributed by atoms with Crippen molar-refractivity contribution in [2.24, 2.45) is 17.1 Å². The smallest absolute Gasteiger partial charge is 0.319 e. The molecule has 144 valence electrons. The number of amides is 3. The molecule has 6 heteroatoms. The fraction of sp³-hybridized carbons (Fsp3) is 0.600. The Hall–Kier alpha value is -2.08. The van der Waals surface area contributed by atoms with Crippen LogP contribution in [0.5, 0.6) is 0 Å². The summed E-state index contributed by atoms with van der Waals surface area (Å²) in [5, 5.41) is 5.75. The molecule has 0 bridgehead atoms. The van der Waals surface area contributed by atoms with Crippen molar-refractivity contribution < 1.29 is 9.59 Å². The lowest BCUT2D eigenvalue weighted by Gasteiger charge is -2.37. The summed E-state index contributed by atoms with van der Waals surface area (Å²) in [4.78, 5) is 26.5. The van der Waals surface area contributed by atoms with E-state index in [0.29, 0.717) is 13.1 Å². The molecule has 1 aliphatic rings. The number of aryl methyl sites for hydroxylation is 1. The minimum atomic E-state index is -0.501. The van der Waals surface area contributed by atoms with Crippen LogP contribution >= 0.6 is 0 Å². The van der Waals surface area contributed by atoms with E-state index in [1.807, 2.05) is 56.9 Å². The summed E-state index contributed by atoms with van der Waals surface area (Å²) in [6, 6.07) is 6.95. The van der Waals surface area contributed by atoms with Gasteiger partial charge in [0.15, 0.2) is 0 Å². The number of nitrogens with one attached hydrogen (secondary N) is 2. The first kappa shape index (κ1) is 20.2. The van der Waals surface area contributed by atoms with Crippen LogP contribution in [0.25, 0.3) is 0 Å². The molecular weight excluding hydrogens is 328 g/mol. The van der Waals surface area contributed by atoms with E-state index in [4.69, 9.17) is 5.73 Å². The van der Waals surface area contributed by atoms with E-state index in [2.05, 4.69) is 10.6 Å². The van der Waals surface area contributed by atoms with Crippen molar-refractivity contribution in [3.8, 4) is 0 Å². The lowest BCUT2D eigenvalue weighted by atomic mass is 9.86. The molecule has 0 aliphatic carbocycles. The van der Waals surface area contributed by atoms with Crippen LogP contribution in [-0.2, 0) is 4.79 Å². The number of nitrogens with zero attached hydrogens (tertiary/aromatic N) is 1. The SMILES string of the molecule is Cc1ccc(NC(=O)NCC2CCCN(C(=O)[C@@H](N)C(C)(C)C)C2)cc1. The van der Waals surface area contributed by atoms with Gasteiger partial charge in [-0.3, -0.25) is 4.79 Å². The van der Waals surface area contributed by atoms with Gasteiger partial charge in [-0.15, -0.1) is 0 Å². The molecule has 2 rings (SSSR count). The molecule has 0 aromatic heterocycles. The third-order valence-corrected chi connectivity index (χ3v) is 4.89. The molecule has 26 heavy (non-hydrogen) atoms. The highest BCUT2D eigenvalue weighted by Crippen LogP contribution is 2.22. The Balaban J connectivity index is 1.81.